The molecule has 2 rings (SSSR count). The molecule has 0 aromatic heterocycles. The molecule has 0 spiro atoms. The smallest absolute Gasteiger partial charge is 0.186 e. The van der Waals surface area contributed by atoms with E-state index in [1.807, 2.05) is 25.1 Å². The molecule has 0 bridgehead atoms. The number of ether oxygens (including phenoxy) is 2. The maximum atomic E-state index is 6.05. The molecular weight excluding hydrogens is 302 g/mol. The highest BCUT2D eigenvalue weighted by Gasteiger charge is 2.20. The van der Waals surface area contributed by atoms with Gasteiger partial charge in [-0.1, -0.05) is 0 Å². The van der Waals surface area contributed by atoms with E-state index in [9.17, 15) is 0 Å². The Morgan fingerprint density at radius 3 is 2.58 bits per heavy atom. The molecule has 0 atom stereocenters. The van der Waals surface area contributed by atoms with Crippen molar-refractivity contribution in [1.82, 2.24) is 5.32 Å². The molecule has 0 heterocycles. The van der Waals surface area contributed by atoms with Crippen LogP contribution in [0.5, 0.6) is 5.75 Å². The molecule has 4 N–H and O–H groups in total. The summed E-state index contributed by atoms with van der Waals surface area (Å²) in [5, 5.41) is 6.62. The predicted octanol–water partition coefficient (Wildman–Crippen LogP) is 3.88. The zero-order valence-corrected chi connectivity index (χ0v) is 15.4. The third kappa shape index (κ3) is 5.55. The van der Waals surface area contributed by atoms with Gasteiger partial charge in [-0.2, -0.15) is 0 Å². The molecule has 0 aliphatic heterocycles. The zero-order valence-electron chi connectivity index (χ0n) is 15.4. The summed E-state index contributed by atoms with van der Waals surface area (Å²) in [7, 11) is 0. The second-order valence-electron chi connectivity index (χ2n) is 7.06. The number of anilines is 2. The van der Waals surface area contributed by atoms with Gasteiger partial charge in [0.05, 0.1) is 17.9 Å². The Labute approximate surface area is 145 Å². The van der Waals surface area contributed by atoms with Crippen molar-refractivity contribution in [3.8, 4) is 5.75 Å². The number of nitrogen functional groups attached to an aromatic ring is 1. The largest absolute Gasteiger partial charge is 0.492 e. The van der Waals surface area contributed by atoms with Gasteiger partial charge in [0.1, 0.15) is 18.0 Å². The van der Waals surface area contributed by atoms with E-state index in [0.29, 0.717) is 13.2 Å². The molecule has 1 fully saturated rings. The summed E-state index contributed by atoms with van der Waals surface area (Å²) in [6.07, 6.45) is 3.51. The van der Waals surface area contributed by atoms with Gasteiger partial charge in [-0.05, 0) is 64.7 Å². The van der Waals surface area contributed by atoms with Gasteiger partial charge < -0.3 is 25.8 Å². The minimum atomic E-state index is -0.191. The van der Waals surface area contributed by atoms with Crippen LogP contribution in [0.15, 0.2) is 29.7 Å². The van der Waals surface area contributed by atoms with Crippen LogP contribution in [0.3, 0.4) is 0 Å². The van der Waals surface area contributed by atoms with E-state index in [0.717, 1.165) is 42.4 Å². The lowest BCUT2D eigenvalue weighted by molar-refractivity contribution is 0.0351. The molecule has 5 nitrogen and oxygen atoms in total. The number of hydrogen-bond acceptors (Lipinski definition) is 5. The molecule has 1 saturated carbocycles. The van der Waals surface area contributed by atoms with Crippen molar-refractivity contribution in [1.29, 1.82) is 0 Å². The summed E-state index contributed by atoms with van der Waals surface area (Å²) in [6.45, 7) is 10.4. The topological polar surface area (TPSA) is 68.5 Å². The van der Waals surface area contributed by atoms with Gasteiger partial charge in [0, 0.05) is 12.6 Å². The normalized spacial score (nSPS) is 13.9. The fourth-order valence-electron chi connectivity index (χ4n) is 2.42. The molecule has 1 aromatic rings. The van der Waals surface area contributed by atoms with Crippen LogP contribution in [-0.4, -0.2) is 25.3 Å². The SMILES string of the molecule is CCNc1cc(OCCNC(OC(C)(C)C)=C2CCC2)ccc1N. The average molecular weight is 333 g/mol. The van der Waals surface area contributed by atoms with Gasteiger partial charge in [-0.3, -0.25) is 0 Å². The van der Waals surface area contributed by atoms with E-state index in [1.54, 1.807) is 0 Å². The van der Waals surface area contributed by atoms with Crippen LogP contribution in [0, 0.1) is 0 Å². The lowest BCUT2D eigenvalue weighted by Gasteiger charge is -2.29. The highest BCUT2D eigenvalue weighted by molar-refractivity contribution is 5.68. The maximum absolute atomic E-state index is 6.05. The summed E-state index contributed by atoms with van der Waals surface area (Å²) in [4.78, 5) is 0. The molecule has 24 heavy (non-hydrogen) atoms. The Morgan fingerprint density at radius 1 is 1.25 bits per heavy atom. The molecule has 0 unspecified atom stereocenters. The third-order valence-electron chi connectivity index (χ3n) is 3.73. The summed E-state index contributed by atoms with van der Waals surface area (Å²) < 4.78 is 11.9. The first-order valence-electron chi connectivity index (χ1n) is 8.80. The van der Waals surface area contributed by atoms with Crippen molar-refractivity contribution in [2.45, 2.75) is 52.6 Å². The molecule has 1 aliphatic carbocycles. The lowest BCUT2D eigenvalue weighted by atomic mass is 9.92. The van der Waals surface area contributed by atoms with E-state index in [1.165, 1.54) is 12.0 Å². The Hall–Kier alpha value is -2.04. The molecule has 0 amide bonds. The minimum absolute atomic E-state index is 0.191. The van der Waals surface area contributed by atoms with Crippen molar-refractivity contribution in [3.05, 3.63) is 29.7 Å². The zero-order chi connectivity index (χ0) is 17.6. The monoisotopic (exact) mass is 333 g/mol. The van der Waals surface area contributed by atoms with Crippen LogP contribution in [-0.2, 0) is 4.74 Å². The lowest BCUT2D eigenvalue weighted by Crippen LogP contribution is -2.30. The second kappa shape index (κ2) is 8.18. The van der Waals surface area contributed by atoms with Crippen molar-refractivity contribution in [2.24, 2.45) is 0 Å². The first-order valence-corrected chi connectivity index (χ1v) is 8.80. The molecule has 1 aliphatic rings. The summed E-state index contributed by atoms with van der Waals surface area (Å²) >= 11 is 0. The number of nitrogens with two attached hydrogens (primary N) is 1. The van der Waals surface area contributed by atoms with Gasteiger partial charge in [-0.15, -0.1) is 0 Å². The van der Waals surface area contributed by atoms with E-state index in [4.69, 9.17) is 15.2 Å². The van der Waals surface area contributed by atoms with E-state index in [2.05, 4.69) is 31.4 Å². The molecule has 0 radical (unpaired) electrons. The predicted molar refractivity (Wildman–Crippen MR) is 100 cm³/mol. The van der Waals surface area contributed by atoms with Crippen LogP contribution in [0.1, 0.15) is 47.0 Å². The van der Waals surface area contributed by atoms with Crippen molar-refractivity contribution in [2.75, 3.05) is 30.7 Å². The fraction of sp³-hybridized carbons (Fsp3) is 0.579. The Kier molecular flexibility index (Phi) is 6.23. The molecule has 0 saturated heterocycles. The van der Waals surface area contributed by atoms with Gasteiger partial charge in [-0.25, -0.2) is 0 Å². The second-order valence-corrected chi connectivity index (χ2v) is 7.06. The Bertz CT molecular complexity index is 570. The highest BCUT2D eigenvalue weighted by atomic mass is 16.5. The summed E-state index contributed by atoms with van der Waals surface area (Å²) in [5.74, 6) is 1.75. The van der Waals surface area contributed by atoms with E-state index < -0.39 is 0 Å². The number of benzene rings is 1. The molecular formula is C19H31N3O2. The maximum Gasteiger partial charge on any atom is 0.186 e. The molecule has 5 heteroatoms. The standard InChI is InChI=1S/C19H31N3O2/c1-5-21-17-13-15(9-10-16(17)20)23-12-11-22-18(14-7-6-8-14)24-19(2,3)4/h9-10,13,21-22H,5-8,11-12,20H2,1-4H3. The first kappa shape index (κ1) is 18.3. The number of hydrogen-bond donors (Lipinski definition) is 3. The Morgan fingerprint density at radius 2 is 2.00 bits per heavy atom. The summed E-state index contributed by atoms with van der Waals surface area (Å²) in [6, 6.07) is 5.70. The van der Waals surface area contributed by atoms with Crippen LogP contribution >= 0.6 is 0 Å². The van der Waals surface area contributed by atoms with E-state index in [-0.39, 0.29) is 5.60 Å². The minimum Gasteiger partial charge on any atom is -0.492 e. The molecule has 1 aromatic carbocycles. The van der Waals surface area contributed by atoms with Crippen molar-refractivity contribution >= 4 is 11.4 Å². The quantitative estimate of drug-likeness (QED) is 0.383. The fourth-order valence-corrected chi connectivity index (χ4v) is 2.42. The number of nitrogens with one attached hydrogen (secondary N) is 2. The van der Waals surface area contributed by atoms with E-state index >= 15 is 0 Å². The van der Waals surface area contributed by atoms with Gasteiger partial charge >= 0.3 is 0 Å². The van der Waals surface area contributed by atoms with Gasteiger partial charge in [0.25, 0.3) is 0 Å². The molecule has 134 valence electrons. The average Bonchev–Trinajstić information content (AvgIpc) is 2.43. The summed E-state index contributed by atoms with van der Waals surface area (Å²) in [5.41, 5.74) is 8.77. The van der Waals surface area contributed by atoms with Crippen LogP contribution in [0.25, 0.3) is 0 Å². The van der Waals surface area contributed by atoms with Gasteiger partial charge in [0.2, 0.25) is 0 Å². The van der Waals surface area contributed by atoms with Crippen LogP contribution in [0.4, 0.5) is 11.4 Å². The Balaban J connectivity index is 1.84. The number of allylic oxidation sites excluding steroid dienone is 1. The third-order valence-corrected chi connectivity index (χ3v) is 3.73. The first-order chi connectivity index (χ1) is 11.4. The highest BCUT2D eigenvalue weighted by Crippen LogP contribution is 2.30. The van der Waals surface area contributed by atoms with Crippen LogP contribution in [0.2, 0.25) is 0 Å². The van der Waals surface area contributed by atoms with Crippen LogP contribution < -0.4 is 21.1 Å². The van der Waals surface area contributed by atoms with Crippen molar-refractivity contribution in [3.63, 3.8) is 0 Å². The van der Waals surface area contributed by atoms with Gasteiger partial charge in [0.15, 0.2) is 5.88 Å². The van der Waals surface area contributed by atoms with Crippen molar-refractivity contribution < 1.29 is 9.47 Å². The number of rotatable bonds is 8.